The number of hydrogen-bond acceptors (Lipinski definition) is 2. The Morgan fingerprint density at radius 1 is 1.32 bits per heavy atom. The zero-order valence-corrected chi connectivity index (χ0v) is 13.1. The maximum absolute atomic E-state index is 11.1. The van der Waals surface area contributed by atoms with Gasteiger partial charge in [0.2, 0.25) is 0 Å². The molecule has 2 nitrogen and oxygen atoms in total. The third-order valence-corrected chi connectivity index (χ3v) is 5.66. The molecule has 0 aliphatic heterocycles. The SMILES string of the molecule is O=C(O)CC1(CCc2cc(Cl)sc2Cl)CCCCC1. The second-order valence-corrected chi connectivity index (χ2v) is 7.77. The fourth-order valence-electron chi connectivity index (χ4n) is 3.08. The molecular weight excluding hydrogens is 303 g/mol. The van der Waals surface area contributed by atoms with Crippen molar-refractivity contribution in [2.75, 3.05) is 0 Å². The summed E-state index contributed by atoms with van der Waals surface area (Å²) < 4.78 is 1.45. The summed E-state index contributed by atoms with van der Waals surface area (Å²) in [5.41, 5.74) is 1.02. The van der Waals surface area contributed by atoms with Crippen molar-refractivity contribution >= 4 is 40.5 Å². The zero-order chi connectivity index (χ0) is 13.9. The van der Waals surface area contributed by atoms with Gasteiger partial charge in [0, 0.05) is 0 Å². The topological polar surface area (TPSA) is 37.3 Å². The average molecular weight is 321 g/mol. The van der Waals surface area contributed by atoms with Gasteiger partial charge in [0.25, 0.3) is 0 Å². The molecule has 5 heteroatoms. The van der Waals surface area contributed by atoms with Crippen LogP contribution in [0.4, 0.5) is 0 Å². The molecule has 0 bridgehead atoms. The van der Waals surface area contributed by atoms with E-state index >= 15 is 0 Å². The highest BCUT2D eigenvalue weighted by Crippen LogP contribution is 2.44. The lowest BCUT2D eigenvalue weighted by atomic mass is 9.69. The maximum Gasteiger partial charge on any atom is 0.303 e. The van der Waals surface area contributed by atoms with Crippen molar-refractivity contribution in [1.29, 1.82) is 0 Å². The molecule has 2 rings (SSSR count). The first-order valence-electron chi connectivity index (χ1n) is 6.66. The first-order valence-corrected chi connectivity index (χ1v) is 8.24. The zero-order valence-electron chi connectivity index (χ0n) is 10.8. The van der Waals surface area contributed by atoms with Gasteiger partial charge >= 0.3 is 5.97 Å². The Morgan fingerprint density at radius 3 is 2.53 bits per heavy atom. The van der Waals surface area contributed by atoms with Crippen LogP contribution in [-0.4, -0.2) is 11.1 Å². The number of aryl methyl sites for hydroxylation is 1. The predicted molar refractivity (Wildman–Crippen MR) is 80.4 cm³/mol. The van der Waals surface area contributed by atoms with Crippen LogP contribution in [-0.2, 0) is 11.2 Å². The van der Waals surface area contributed by atoms with E-state index in [9.17, 15) is 4.79 Å². The van der Waals surface area contributed by atoms with Crippen molar-refractivity contribution in [3.8, 4) is 0 Å². The predicted octanol–water partition coefficient (Wildman–Crippen LogP) is 5.41. The van der Waals surface area contributed by atoms with E-state index in [0.29, 0.717) is 4.34 Å². The number of hydrogen-bond donors (Lipinski definition) is 1. The highest BCUT2D eigenvalue weighted by atomic mass is 35.5. The second-order valence-electron chi connectivity index (χ2n) is 5.48. The molecule has 1 N–H and O–H groups in total. The van der Waals surface area contributed by atoms with Gasteiger partial charge in [-0.25, -0.2) is 0 Å². The molecule has 1 heterocycles. The van der Waals surface area contributed by atoms with Gasteiger partial charge in [-0.1, -0.05) is 42.5 Å². The summed E-state index contributed by atoms with van der Waals surface area (Å²) in [4.78, 5) is 11.1. The number of carbonyl (C=O) groups is 1. The van der Waals surface area contributed by atoms with E-state index in [1.54, 1.807) is 0 Å². The molecule has 1 fully saturated rings. The van der Waals surface area contributed by atoms with Crippen molar-refractivity contribution in [2.45, 2.75) is 51.4 Å². The van der Waals surface area contributed by atoms with E-state index < -0.39 is 5.97 Å². The third-order valence-electron chi connectivity index (χ3n) is 4.09. The summed E-state index contributed by atoms with van der Waals surface area (Å²) in [5, 5.41) is 9.14. The van der Waals surface area contributed by atoms with E-state index in [1.807, 2.05) is 6.07 Å². The van der Waals surface area contributed by atoms with Gasteiger partial charge in [-0.15, -0.1) is 11.3 Å². The molecule has 0 saturated heterocycles. The van der Waals surface area contributed by atoms with E-state index in [4.69, 9.17) is 28.3 Å². The molecule has 1 aliphatic rings. The van der Waals surface area contributed by atoms with Gasteiger partial charge in [0.1, 0.15) is 0 Å². The van der Waals surface area contributed by atoms with Gasteiger partial charge in [-0.3, -0.25) is 4.79 Å². The first kappa shape index (κ1) is 15.1. The van der Waals surface area contributed by atoms with Crippen molar-refractivity contribution in [2.24, 2.45) is 5.41 Å². The Bertz CT molecular complexity index is 450. The number of thiophene rings is 1. The highest BCUT2D eigenvalue weighted by Gasteiger charge is 2.34. The van der Waals surface area contributed by atoms with Crippen molar-refractivity contribution < 1.29 is 9.90 Å². The summed E-state index contributed by atoms with van der Waals surface area (Å²) in [6.07, 6.45) is 7.57. The van der Waals surface area contributed by atoms with E-state index in [1.165, 1.54) is 17.8 Å². The van der Waals surface area contributed by atoms with Crippen LogP contribution in [0.3, 0.4) is 0 Å². The van der Waals surface area contributed by atoms with Crippen LogP contribution in [0.5, 0.6) is 0 Å². The maximum atomic E-state index is 11.1. The summed E-state index contributed by atoms with van der Waals surface area (Å²) in [6.45, 7) is 0. The number of rotatable bonds is 5. The van der Waals surface area contributed by atoms with Crippen molar-refractivity contribution in [1.82, 2.24) is 0 Å². The standard InChI is InChI=1S/C14H18Cl2O2S/c15-11-8-10(13(16)19-11)4-7-14(9-12(17)18)5-2-1-3-6-14/h8H,1-7,9H2,(H,17,18). The summed E-state index contributed by atoms with van der Waals surface area (Å²) in [5.74, 6) is -0.684. The molecule has 1 aromatic rings. The van der Waals surface area contributed by atoms with Crippen LogP contribution in [0.15, 0.2) is 6.07 Å². The fourth-order valence-corrected chi connectivity index (χ4v) is 4.63. The van der Waals surface area contributed by atoms with Gasteiger partial charge in [0.05, 0.1) is 15.1 Å². The van der Waals surface area contributed by atoms with Crippen LogP contribution in [0, 0.1) is 5.41 Å². The molecule has 0 atom stereocenters. The summed E-state index contributed by atoms with van der Waals surface area (Å²) >= 11 is 13.5. The molecule has 1 saturated carbocycles. The molecule has 1 aliphatic carbocycles. The third kappa shape index (κ3) is 4.11. The quantitative estimate of drug-likeness (QED) is 0.787. The van der Waals surface area contributed by atoms with Crippen LogP contribution in [0.25, 0.3) is 0 Å². The second kappa shape index (κ2) is 6.47. The monoisotopic (exact) mass is 320 g/mol. The molecule has 106 valence electrons. The Morgan fingerprint density at radius 2 is 2.00 bits per heavy atom. The average Bonchev–Trinajstić information content (AvgIpc) is 2.66. The molecule has 0 aromatic carbocycles. The van der Waals surface area contributed by atoms with Gasteiger partial charge in [0.15, 0.2) is 0 Å². The number of aliphatic carboxylic acids is 1. The van der Waals surface area contributed by atoms with Crippen LogP contribution in [0.1, 0.15) is 50.5 Å². The summed E-state index contributed by atoms with van der Waals surface area (Å²) in [6, 6.07) is 1.91. The molecule has 19 heavy (non-hydrogen) atoms. The largest absolute Gasteiger partial charge is 0.481 e. The fraction of sp³-hybridized carbons (Fsp3) is 0.643. The van der Waals surface area contributed by atoms with Gasteiger partial charge in [-0.05, 0) is 42.7 Å². The van der Waals surface area contributed by atoms with Gasteiger partial charge in [-0.2, -0.15) is 0 Å². The Balaban J connectivity index is 2.03. The summed E-state index contributed by atoms with van der Waals surface area (Å²) in [7, 11) is 0. The number of carboxylic acids is 1. The molecule has 0 spiro atoms. The van der Waals surface area contributed by atoms with E-state index in [-0.39, 0.29) is 11.8 Å². The van der Waals surface area contributed by atoms with E-state index in [0.717, 1.165) is 48.4 Å². The smallest absolute Gasteiger partial charge is 0.303 e. The Hall–Kier alpha value is -0.250. The lowest BCUT2D eigenvalue weighted by Crippen LogP contribution is -2.28. The molecule has 0 amide bonds. The van der Waals surface area contributed by atoms with Crippen LogP contribution in [0.2, 0.25) is 8.67 Å². The molecule has 0 radical (unpaired) electrons. The minimum absolute atomic E-state index is 0.0399. The van der Waals surface area contributed by atoms with Crippen molar-refractivity contribution in [3.63, 3.8) is 0 Å². The molecular formula is C14H18Cl2O2S. The Kier molecular flexibility index (Phi) is 5.15. The first-order chi connectivity index (χ1) is 9.01. The van der Waals surface area contributed by atoms with Crippen LogP contribution >= 0.6 is 34.5 Å². The minimum atomic E-state index is -0.684. The minimum Gasteiger partial charge on any atom is -0.481 e. The lowest BCUT2D eigenvalue weighted by molar-refractivity contribution is -0.140. The van der Waals surface area contributed by atoms with Gasteiger partial charge < -0.3 is 5.11 Å². The van der Waals surface area contributed by atoms with Crippen molar-refractivity contribution in [3.05, 3.63) is 20.3 Å². The molecule has 0 unspecified atom stereocenters. The number of carboxylic acid groups (broad SMARTS) is 1. The van der Waals surface area contributed by atoms with E-state index in [2.05, 4.69) is 0 Å². The Labute approximate surface area is 127 Å². The highest BCUT2D eigenvalue weighted by molar-refractivity contribution is 7.20. The number of halogens is 2. The normalized spacial score (nSPS) is 18.4. The lowest BCUT2D eigenvalue weighted by Gasteiger charge is -2.36. The molecule has 1 aromatic heterocycles. The van der Waals surface area contributed by atoms with Crippen LogP contribution < -0.4 is 0 Å².